The molecule has 0 amide bonds. The van der Waals surface area contributed by atoms with Crippen molar-refractivity contribution in [2.75, 3.05) is 6.54 Å². The van der Waals surface area contributed by atoms with Crippen LogP contribution in [0, 0.1) is 0 Å². The second-order valence-corrected chi connectivity index (χ2v) is 5.22. The maximum Gasteiger partial charge on any atom is 0.0922 e. The number of nitrogens with one attached hydrogen (secondary N) is 1. The van der Waals surface area contributed by atoms with Gasteiger partial charge in [-0.25, -0.2) is 0 Å². The fraction of sp³-hybridized carbons (Fsp3) is 0.667. The van der Waals surface area contributed by atoms with Gasteiger partial charge in [-0.15, -0.1) is 0 Å². The summed E-state index contributed by atoms with van der Waals surface area (Å²) in [5, 5.41) is 26.9. The number of rotatable bonds is 4. The van der Waals surface area contributed by atoms with Gasteiger partial charge in [0.25, 0.3) is 0 Å². The van der Waals surface area contributed by atoms with Crippen molar-refractivity contribution in [1.82, 2.24) is 5.32 Å². The van der Waals surface area contributed by atoms with E-state index in [1.54, 1.807) is 11.3 Å². The highest BCUT2D eigenvalue weighted by Crippen LogP contribution is 2.20. The summed E-state index contributed by atoms with van der Waals surface area (Å²) in [7, 11) is 0. The standard InChI is InChI=1S/C12H19NO2S/c14-11-4-2-1-3-10(11)13-7-12(15)9-5-6-16-8-9/h5-6,8,10-15H,1-4,7H2/t10-,11-,12?/m0/s1. The van der Waals surface area contributed by atoms with Crippen molar-refractivity contribution in [3.05, 3.63) is 22.4 Å². The van der Waals surface area contributed by atoms with E-state index < -0.39 is 6.10 Å². The third-order valence-corrected chi connectivity index (χ3v) is 3.93. The number of hydrogen-bond acceptors (Lipinski definition) is 4. The van der Waals surface area contributed by atoms with E-state index in [1.165, 1.54) is 6.42 Å². The summed E-state index contributed by atoms with van der Waals surface area (Å²) < 4.78 is 0. The molecule has 1 heterocycles. The first-order chi connectivity index (χ1) is 7.77. The lowest BCUT2D eigenvalue weighted by Gasteiger charge is -2.29. The van der Waals surface area contributed by atoms with Crippen molar-refractivity contribution in [2.45, 2.75) is 43.9 Å². The summed E-state index contributed by atoms with van der Waals surface area (Å²) in [6, 6.07) is 2.09. The molecule has 0 saturated heterocycles. The van der Waals surface area contributed by atoms with Crippen molar-refractivity contribution in [3.63, 3.8) is 0 Å². The van der Waals surface area contributed by atoms with Gasteiger partial charge in [0, 0.05) is 12.6 Å². The normalized spacial score (nSPS) is 27.9. The van der Waals surface area contributed by atoms with E-state index >= 15 is 0 Å². The molecule has 1 unspecified atom stereocenters. The molecule has 3 atom stereocenters. The van der Waals surface area contributed by atoms with Gasteiger partial charge in [-0.1, -0.05) is 12.8 Å². The van der Waals surface area contributed by atoms with E-state index in [0.717, 1.165) is 24.8 Å². The molecule has 3 nitrogen and oxygen atoms in total. The monoisotopic (exact) mass is 241 g/mol. The van der Waals surface area contributed by atoms with E-state index in [2.05, 4.69) is 5.32 Å². The average Bonchev–Trinajstić information content (AvgIpc) is 2.81. The second kappa shape index (κ2) is 5.77. The topological polar surface area (TPSA) is 52.5 Å². The van der Waals surface area contributed by atoms with Crippen LogP contribution < -0.4 is 5.32 Å². The van der Waals surface area contributed by atoms with E-state index in [1.807, 2.05) is 16.8 Å². The van der Waals surface area contributed by atoms with Crippen LogP contribution >= 0.6 is 11.3 Å². The lowest BCUT2D eigenvalue weighted by molar-refractivity contribution is 0.0798. The molecule has 0 radical (unpaired) electrons. The van der Waals surface area contributed by atoms with Crippen LogP contribution in [0.5, 0.6) is 0 Å². The van der Waals surface area contributed by atoms with Crippen LogP contribution in [0.25, 0.3) is 0 Å². The zero-order valence-corrected chi connectivity index (χ0v) is 10.1. The Morgan fingerprint density at radius 1 is 1.44 bits per heavy atom. The molecule has 4 heteroatoms. The number of aliphatic hydroxyl groups excluding tert-OH is 2. The van der Waals surface area contributed by atoms with Gasteiger partial charge in [0.05, 0.1) is 12.2 Å². The van der Waals surface area contributed by atoms with Crippen LogP contribution in [0.3, 0.4) is 0 Å². The van der Waals surface area contributed by atoms with Gasteiger partial charge in [0.15, 0.2) is 0 Å². The molecule has 1 saturated carbocycles. The SMILES string of the molecule is OC(CN[C@H]1CCCC[C@@H]1O)c1ccsc1. The molecule has 1 fully saturated rings. The van der Waals surface area contributed by atoms with Gasteiger partial charge in [-0.2, -0.15) is 11.3 Å². The molecule has 2 rings (SSSR count). The van der Waals surface area contributed by atoms with Gasteiger partial charge in [0.1, 0.15) is 0 Å². The Bertz CT molecular complexity index is 302. The minimum Gasteiger partial charge on any atom is -0.392 e. The third kappa shape index (κ3) is 3.04. The molecule has 1 aromatic rings. The van der Waals surface area contributed by atoms with Gasteiger partial charge in [0.2, 0.25) is 0 Å². The number of thiophene rings is 1. The largest absolute Gasteiger partial charge is 0.392 e. The summed E-state index contributed by atoms with van der Waals surface area (Å²) in [6.07, 6.45) is 3.48. The predicted molar refractivity (Wildman–Crippen MR) is 65.5 cm³/mol. The first-order valence-electron chi connectivity index (χ1n) is 5.89. The Morgan fingerprint density at radius 2 is 2.25 bits per heavy atom. The highest BCUT2D eigenvalue weighted by Gasteiger charge is 2.23. The summed E-state index contributed by atoms with van der Waals surface area (Å²) >= 11 is 1.59. The zero-order valence-electron chi connectivity index (χ0n) is 9.30. The number of aliphatic hydroxyl groups is 2. The summed E-state index contributed by atoms with van der Waals surface area (Å²) in [6.45, 7) is 0.526. The van der Waals surface area contributed by atoms with E-state index in [0.29, 0.717) is 6.54 Å². The van der Waals surface area contributed by atoms with E-state index in [4.69, 9.17) is 0 Å². The number of hydrogen-bond donors (Lipinski definition) is 3. The lowest BCUT2D eigenvalue weighted by atomic mass is 9.92. The Labute approximate surface area is 100 Å². The van der Waals surface area contributed by atoms with Gasteiger partial charge in [-0.05, 0) is 35.2 Å². The molecular weight excluding hydrogens is 222 g/mol. The fourth-order valence-corrected chi connectivity index (χ4v) is 2.90. The molecule has 0 aromatic carbocycles. The minimum atomic E-state index is -0.458. The van der Waals surface area contributed by atoms with Crippen LogP contribution in [0.1, 0.15) is 37.4 Å². The summed E-state index contributed by atoms with van der Waals surface area (Å²) in [5.74, 6) is 0. The van der Waals surface area contributed by atoms with Crippen molar-refractivity contribution in [1.29, 1.82) is 0 Å². The molecule has 1 aromatic heterocycles. The minimum absolute atomic E-state index is 0.155. The molecule has 1 aliphatic carbocycles. The Morgan fingerprint density at radius 3 is 2.94 bits per heavy atom. The Balaban J connectivity index is 1.78. The first-order valence-corrected chi connectivity index (χ1v) is 6.83. The third-order valence-electron chi connectivity index (χ3n) is 3.23. The van der Waals surface area contributed by atoms with Crippen LogP contribution in [0.4, 0.5) is 0 Å². The van der Waals surface area contributed by atoms with Crippen LogP contribution in [-0.2, 0) is 0 Å². The molecule has 0 bridgehead atoms. The first kappa shape index (κ1) is 12.0. The van der Waals surface area contributed by atoms with Crippen molar-refractivity contribution < 1.29 is 10.2 Å². The lowest BCUT2D eigenvalue weighted by Crippen LogP contribution is -2.43. The molecule has 0 spiro atoms. The quantitative estimate of drug-likeness (QED) is 0.751. The van der Waals surface area contributed by atoms with Crippen LogP contribution in [0.2, 0.25) is 0 Å². The molecule has 1 aliphatic rings. The fourth-order valence-electron chi connectivity index (χ4n) is 2.19. The predicted octanol–water partition coefficient (Wildman–Crippen LogP) is 1.67. The smallest absolute Gasteiger partial charge is 0.0922 e. The zero-order chi connectivity index (χ0) is 11.4. The van der Waals surface area contributed by atoms with Crippen molar-refractivity contribution >= 4 is 11.3 Å². The average molecular weight is 241 g/mol. The maximum absolute atomic E-state index is 9.89. The highest BCUT2D eigenvalue weighted by molar-refractivity contribution is 7.07. The van der Waals surface area contributed by atoms with E-state index in [-0.39, 0.29) is 12.1 Å². The molecule has 16 heavy (non-hydrogen) atoms. The summed E-state index contributed by atoms with van der Waals surface area (Å²) in [4.78, 5) is 0. The molecule has 0 aliphatic heterocycles. The highest BCUT2D eigenvalue weighted by atomic mass is 32.1. The van der Waals surface area contributed by atoms with Crippen LogP contribution in [-0.4, -0.2) is 28.9 Å². The van der Waals surface area contributed by atoms with E-state index in [9.17, 15) is 10.2 Å². The molecular formula is C12H19NO2S. The van der Waals surface area contributed by atoms with Gasteiger partial charge in [-0.3, -0.25) is 0 Å². The Kier molecular flexibility index (Phi) is 4.35. The summed E-state index contributed by atoms with van der Waals surface area (Å²) in [5.41, 5.74) is 0.961. The molecule has 3 N–H and O–H groups in total. The second-order valence-electron chi connectivity index (χ2n) is 4.44. The Hall–Kier alpha value is -0.420. The molecule has 90 valence electrons. The van der Waals surface area contributed by atoms with Gasteiger partial charge >= 0.3 is 0 Å². The van der Waals surface area contributed by atoms with Crippen molar-refractivity contribution in [2.24, 2.45) is 0 Å². The maximum atomic E-state index is 9.89. The van der Waals surface area contributed by atoms with Crippen molar-refractivity contribution in [3.8, 4) is 0 Å². The van der Waals surface area contributed by atoms with Crippen LogP contribution in [0.15, 0.2) is 16.8 Å². The van der Waals surface area contributed by atoms with Gasteiger partial charge < -0.3 is 15.5 Å².